The van der Waals surface area contributed by atoms with Crippen molar-refractivity contribution in [1.29, 1.82) is 0 Å². The lowest BCUT2D eigenvalue weighted by Gasteiger charge is -2.29. The van der Waals surface area contributed by atoms with Crippen LogP contribution in [-0.4, -0.2) is 37.7 Å². The van der Waals surface area contributed by atoms with E-state index in [-0.39, 0.29) is 18.6 Å². The Bertz CT molecular complexity index is 814. The van der Waals surface area contributed by atoms with E-state index >= 15 is 0 Å². The first-order valence-corrected chi connectivity index (χ1v) is 9.85. The van der Waals surface area contributed by atoms with Crippen molar-refractivity contribution >= 4 is 9.84 Å². The van der Waals surface area contributed by atoms with Crippen LogP contribution in [-0.2, 0) is 9.84 Å². The molecule has 2 atom stereocenters. The van der Waals surface area contributed by atoms with Gasteiger partial charge < -0.3 is 9.84 Å². The third-order valence-corrected chi connectivity index (χ3v) is 5.95. The number of hydrogen-bond donors (Lipinski definition) is 1. The van der Waals surface area contributed by atoms with Gasteiger partial charge in [0.2, 0.25) is 5.92 Å². The summed E-state index contributed by atoms with van der Waals surface area (Å²) in [7, 11) is -4.01. The van der Waals surface area contributed by atoms with Gasteiger partial charge in [-0.3, -0.25) is 0 Å². The van der Waals surface area contributed by atoms with Gasteiger partial charge in [0.1, 0.15) is 11.9 Å². The number of fused-ring (bicyclic) bond motifs is 1. The van der Waals surface area contributed by atoms with Crippen molar-refractivity contribution in [2.45, 2.75) is 60.8 Å². The number of hydrogen-bond acceptors (Lipinski definition) is 4. The van der Waals surface area contributed by atoms with Gasteiger partial charge in [0.25, 0.3) is 0 Å². The van der Waals surface area contributed by atoms with E-state index in [4.69, 9.17) is 4.74 Å². The molecule has 10 heteroatoms. The molecular weight excluding hydrogens is 383 g/mol. The molecule has 1 fully saturated rings. The van der Waals surface area contributed by atoms with Gasteiger partial charge in [-0.25, -0.2) is 21.6 Å². The second-order valence-electron chi connectivity index (χ2n) is 6.77. The summed E-state index contributed by atoms with van der Waals surface area (Å²) in [6.07, 6.45) is -6.58. The van der Waals surface area contributed by atoms with Crippen LogP contribution in [0.15, 0.2) is 17.0 Å². The van der Waals surface area contributed by atoms with E-state index in [1.807, 2.05) is 0 Å². The SMILES string of the molecule is CS(=O)(=O)c1ccc(OC2CCC(F)(F)CC2)c2c1[C@H](O)C(F)(F)[C@@H]2F. The molecule has 0 aliphatic heterocycles. The standard InChI is InChI=1S/C16H17F5O4S/c1-26(23,24)10-3-2-9(25-8-4-6-15(18,19)7-5-8)11-12(10)14(22)16(20,21)13(11)17/h2-3,8,13-14,22H,4-7H2,1H3/t13-,14+/m1/s1. The minimum Gasteiger partial charge on any atom is -0.490 e. The fraction of sp³-hybridized carbons (Fsp3) is 0.625. The number of alkyl halides is 5. The van der Waals surface area contributed by atoms with Gasteiger partial charge >= 0.3 is 5.92 Å². The fourth-order valence-electron chi connectivity index (χ4n) is 3.40. The zero-order valence-corrected chi connectivity index (χ0v) is 14.5. The Morgan fingerprint density at radius 2 is 1.69 bits per heavy atom. The first-order valence-electron chi connectivity index (χ1n) is 7.96. The lowest BCUT2D eigenvalue weighted by molar-refractivity contribution is -0.144. The van der Waals surface area contributed by atoms with Crippen LogP contribution in [0.4, 0.5) is 22.0 Å². The van der Waals surface area contributed by atoms with Crippen LogP contribution in [0, 0.1) is 0 Å². The Balaban J connectivity index is 2.02. The number of aliphatic hydroxyl groups is 1. The molecule has 0 heterocycles. The molecule has 1 aromatic carbocycles. The molecule has 0 radical (unpaired) electrons. The molecule has 1 saturated carbocycles. The van der Waals surface area contributed by atoms with Crippen molar-refractivity contribution in [3.05, 3.63) is 23.3 Å². The van der Waals surface area contributed by atoms with Crippen molar-refractivity contribution in [3.8, 4) is 5.75 Å². The zero-order valence-electron chi connectivity index (χ0n) is 13.7. The van der Waals surface area contributed by atoms with Gasteiger partial charge in [-0.2, -0.15) is 8.78 Å². The zero-order chi connectivity index (χ0) is 19.5. The van der Waals surface area contributed by atoms with Crippen LogP contribution in [0.2, 0.25) is 0 Å². The summed E-state index contributed by atoms with van der Waals surface area (Å²) in [5, 5.41) is 9.81. The number of rotatable bonds is 3. The molecule has 3 rings (SSSR count). The number of halogens is 5. The van der Waals surface area contributed by atoms with E-state index in [0.29, 0.717) is 0 Å². The Morgan fingerprint density at radius 1 is 1.12 bits per heavy atom. The number of aliphatic hydroxyl groups excluding tert-OH is 1. The van der Waals surface area contributed by atoms with Crippen LogP contribution in [0.1, 0.15) is 49.1 Å². The van der Waals surface area contributed by atoms with E-state index in [9.17, 15) is 35.5 Å². The third-order valence-electron chi connectivity index (χ3n) is 4.79. The van der Waals surface area contributed by atoms with Crippen LogP contribution < -0.4 is 4.74 Å². The molecule has 4 nitrogen and oxygen atoms in total. The largest absolute Gasteiger partial charge is 0.490 e. The maximum absolute atomic E-state index is 14.3. The molecule has 1 aromatic rings. The topological polar surface area (TPSA) is 63.6 Å². The molecule has 0 bridgehead atoms. The van der Waals surface area contributed by atoms with Crippen molar-refractivity contribution in [1.82, 2.24) is 0 Å². The fourth-order valence-corrected chi connectivity index (χ4v) is 4.34. The predicted molar refractivity (Wildman–Crippen MR) is 81.1 cm³/mol. The average Bonchev–Trinajstić information content (AvgIpc) is 2.70. The molecular formula is C16H17F5O4S. The molecule has 0 saturated heterocycles. The minimum absolute atomic E-state index is 0.0501. The van der Waals surface area contributed by atoms with Gasteiger partial charge in [0.15, 0.2) is 16.0 Å². The highest BCUT2D eigenvalue weighted by Gasteiger charge is 2.59. The van der Waals surface area contributed by atoms with Gasteiger partial charge in [-0.05, 0) is 25.0 Å². The summed E-state index contributed by atoms with van der Waals surface area (Å²) in [5.74, 6) is -7.40. The molecule has 0 spiro atoms. The summed E-state index contributed by atoms with van der Waals surface area (Å²) in [5.41, 5.74) is -1.47. The highest BCUT2D eigenvalue weighted by atomic mass is 32.2. The monoisotopic (exact) mass is 400 g/mol. The van der Waals surface area contributed by atoms with Crippen molar-refractivity contribution in [2.24, 2.45) is 0 Å². The first-order chi connectivity index (χ1) is 11.8. The molecule has 26 heavy (non-hydrogen) atoms. The number of benzene rings is 1. The van der Waals surface area contributed by atoms with Gasteiger partial charge in [-0.15, -0.1) is 0 Å². The van der Waals surface area contributed by atoms with E-state index < -0.39 is 68.9 Å². The Morgan fingerprint density at radius 3 is 2.23 bits per heavy atom. The van der Waals surface area contributed by atoms with E-state index in [1.54, 1.807) is 0 Å². The third kappa shape index (κ3) is 3.17. The van der Waals surface area contributed by atoms with Crippen LogP contribution in [0.25, 0.3) is 0 Å². The highest BCUT2D eigenvalue weighted by molar-refractivity contribution is 7.90. The van der Waals surface area contributed by atoms with Crippen molar-refractivity contribution < 1.29 is 40.2 Å². The summed E-state index contributed by atoms with van der Waals surface area (Å²) in [6.45, 7) is 0. The molecule has 2 aliphatic rings. The Labute approximate surface area is 146 Å². The van der Waals surface area contributed by atoms with Gasteiger partial charge in [0, 0.05) is 30.2 Å². The molecule has 146 valence electrons. The van der Waals surface area contributed by atoms with Crippen LogP contribution in [0.3, 0.4) is 0 Å². The molecule has 0 aromatic heterocycles. The van der Waals surface area contributed by atoms with Crippen molar-refractivity contribution in [3.63, 3.8) is 0 Å². The quantitative estimate of drug-likeness (QED) is 0.786. The predicted octanol–water partition coefficient (Wildman–Crippen LogP) is 3.74. The summed E-state index contributed by atoms with van der Waals surface area (Å²) >= 11 is 0. The Kier molecular flexibility index (Phi) is 4.50. The van der Waals surface area contributed by atoms with Crippen LogP contribution >= 0.6 is 0 Å². The average molecular weight is 400 g/mol. The minimum atomic E-state index is -4.22. The smallest absolute Gasteiger partial charge is 0.312 e. The lowest BCUT2D eigenvalue weighted by atomic mass is 9.94. The number of sulfone groups is 1. The second kappa shape index (κ2) is 6.05. The molecule has 0 unspecified atom stereocenters. The maximum Gasteiger partial charge on any atom is 0.312 e. The summed E-state index contributed by atoms with van der Waals surface area (Å²) in [4.78, 5) is -0.609. The Hall–Kier alpha value is -1.42. The van der Waals surface area contributed by atoms with Crippen LogP contribution in [0.5, 0.6) is 5.75 Å². The van der Waals surface area contributed by atoms with E-state index in [1.165, 1.54) is 0 Å². The van der Waals surface area contributed by atoms with E-state index in [2.05, 4.69) is 0 Å². The first kappa shape index (κ1) is 19.3. The van der Waals surface area contributed by atoms with Gasteiger partial charge in [-0.1, -0.05) is 0 Å². The second-order valence-corrected chi connectivity index (χ2v) is 8.76. The molecule has 0 amide bonds. The van der Waals surface area contributed by atoms with Gasteiger partial charge in [0.05, 0.1) is 11.0 Å². The molecule has 1 N–H and O–H groups in total. The highest BCUT2D eigenvalue weighted by Crippen LogP contribution is 2.57. The lowest BCUT2D eigenvalue weighted by Crippen LogP contribution is -2.31. The summed E-state index contributed by atoms with van der Waals surface area (Å²) < 4.78 is 97.9. The molecule has 2 aliphatic carbocycles. The maximum atomic E-state index is 14.3. The summed E-state index contributed by atoms with van der Waals surface area (Å²) in [6, 6.07) is 1.99. The number of ether oxygens (including phenoxy) is 1. The van der Waals surface area contributed by atoms with Crippen molar-refractivity contribution in [2.75, 3.05) is 6.26 Å². The normalized spacial score (nSPS) is 28.0. The van der Waals surface area contributed by atoms with E-state index in [0.717, 1.165) is 18.4 Å².